The molecule has 6 nitrogen and oxygen atoms in total. The molecule has 0 radical (unpaired) electrons. The van der Waals surface area contributed by atoms with Crippen molar-refractivity contribution in [1.82, 2.24) is 0 Å². The van der Waals surface area contributed by atoms with Crippen molar-refractivity contribution in [2.75, 3.05) is 0 Å². The summed E-state index contributed by atoms with van der Waals surface area (Å²) < 4.78 is 6.25. The quantitative estimate of drug-likeness (QED) is 0.473. The molecular weight excluding hydrogens is 389 g/mol. The molecule has 0 amide bonds. The van der Waals surface area contributed by atoms with Crippen LogP contribution in [0.15, 0.2) is 42.5 Å². The molecule has 0 bridgehead atoms. The van der Waals surface area contributed by atoms with Crippen molar-refractivity contribution >= 4 is 34.2 Å². The molecule has 0 heterocycles. The molecule has 21 heavy (non-hydrogen) atoms. The first kappa shape index (κ1) is 15.2. The van der Waals surface area contributed by atoms with Crippen LogP contribution in [0, 0.1) is 13.7 Å². The smallest absolute Gasteiger partial charge is 0.339 e. The molecule has 2 aromatic rings. The maximum absolute atomic E-state index is 11.2. The fourth-order valence-corrected chi connectivity index (χ4v) is 2.21. The van der Waals surface area contributed by atoms with E-state index in [1.807, 2.05) is 22.6 Å². The molecule has 7 heteroatoms. The van der Waals surface area contributed by atoms with E-state index in [9.17, 15) is 14.9 Å². The maximum Gasteiger partial charge on any atom is 0.339 e. The molecule has 1 N–H and O–H groups in total. The summed E-state index contributed by atoms with van der Waals surface area (Å²) in [6.07, 6.45) is 0. The molecule has 0 fully saturated rings. The Hall–Kier alpha value is -2.16. The molecule has 0 aliphatic carbocycles. The zero-order valence-corrected chi connectivity index (χ0v) is 12.8. The van der Waals surface area contributed by atoms with E-state index in [2.05, 4.69) is 0 Å². The Morgan fingerprint density at radius 1 is 1.29 bits per heavy atom. The van der Waals surface area contributed by atoms with Gasteiger partial charge in [-0.25, -0.2) is 4.79 Å². The van der Waals surface area contributed by atoms with E-state index < -0.39 is 10.9 Å². The molecule has 0 atom stereocenters. The van der Waals surface area contributed by atoms with Gasteiger partial charge >= 0.3 is 5.97 Å². The number of hydrogen-bond donors (Lipinski definition) is 1. The van der Waals surface area contributed by atoms with Crippen molar-refractivity contribution in [2.45, 2.75) is 6.61 Å². The minimum absolute atomic E-state index is 0.0304. The number of non-ortho nitro benzene ring substituents is 1. The first-order valence-electron chi connectivity index (χ1n) is 5.86. The lowest BCUT2D eigenvalue weighted by molar-refractivity contribution is -0.384. The summed E-state index contributed by atoms with van der Waals surface area (Å²) in [5.74, 6) is -0.850. The Labute approximate surface area is 133 Å². The fourth-order valence-electron chi connectivity index (χ4n) is 1.72. The van der Waals surface area contributed by atoms with Gasteiger partial charge in [-0.3, -0.25) is 10.1 Å². The third-order valence-corrected chi connectivity index (χ3v) is 3.36. The zero-order chi connectivity index (χ0) is 15.4. The van der Waals surface area contributed by atoms with Gasteiger partial charge in [0.1, 0.15) is 17.9 Å². The summed E-state index contributed by atoms with van der Waals surface area (Å²) in [5, 5.41) is 19.8. The fraction of sp³-hybridized carbons (Fsp3) is 0.0714. The Morgan fingerprint density at radius 3 is 2.71 bits per heavy atom. The van der Waals surface area contributed by atoms with Gasteiger partial charge in [0.15, 0.2) is 0 Å². The monoisotopic (exact) mass is 399 g/mol. The molecule has 0 aromatic heterocycles. The van der Waals surface area contributed by atoms with Crippen molar-refractivity contribution in [3.8, 4) is 5.75 Å². The first-order chi connectivity index (χ1) is 9.97. The second kappa shape index (κ2) is 6.53. The first-order valence-corrected chi connectivity index (χ1v) is 6.94. The van der Waals surface area contributed by atoms with Gasteiger partial charge in [-0.1, -0.05) is 12.1 Å². The molecular formula is C14H10INO5. The van der Waals surface area contributed by atoms with Gasteiger partial charge in [0.2, 0.25) is 0 Å². The van der Waals surface area contributed by atoms with E-state index in [-0.39, 0.29) is 23.6 Å². The number of halogens is 1. The molecule has 0 unspecified atom stereocenters. The van der Waals surface area contributed by atoms with Crippen LogP contribution in [0.3, 0.4) is 0 Å². The second-order valence-electron chi connectivity index (χ2n) is 4.16. The predicted octanol–water partition coefficient (Wildman–Crippen LogP) is 3.48. The average Bonchev–Trinajstić information content (AvgIpc) is 2.46. The van der Waals surface area contributed by atoms with E-state index >= 15 is 0 Å². The van der Waals surface area contributed by atoms with Crippen LogP contribution >= 0.6 is 22.6 Å². The number of hydrogen-bond acceptors (Lipinski definition) is 4. The van der Waals surface area contributed by atoms with Gasteiger partial charge in [0, 0.05) is 15.7 Å². The van der Waals surface area contributed by atoms with E-state index in [1.165, 1.54) is 18.2 Å². The molecule has 0 spiro atoms. The molecule has 2 aromatic carbocycles. The second-order valence-corrected chi connectivity index (χ2v) is 5.41. The maximum atomic E-state index is 11.2. The zero-order valence-electron chi connectivity index (χ0n) is 10.7. The largest absolute Gasteiger partial charge is 0.488 e. The van der Waals surface area contributed by atoms with E-state index in [4.69, 9.17) is 9.84 Å². The number of carbonyl (C=O) groups is 1. The van der Waals surface area contributed by atoms with Crippen LogP contribution in [-0.2, 0) is 6.61 Å². The van der Waals surface area contributed by atoms with Gasteiger partial charge in [0.05, 0.1) is 4.92 Å². The van der Waals surface area contributed by atoms with Crippen molar-refractivity contribution in [3.63, 3.8) is 0 Å². The van der Waals surface area contributed by atoms with Gasteiger partial charge in [-0.05, 0) is 46.4 Å². The summed E-state index contributed by atoms with van der Waals surface area (Å²) in [4.78, 5) is 21.4. The number of benzene rings is 2. The van der Waals surface area contributed by atoms with Crippen molar-refractivity contribution < 1.29 is 19.6 Å². The standard InChI is InChI=1S/C14H10INO5/c15-10-4-5-13(12(7-10)14(17)18)21-8-9-2-1-3-11(6-9)16(19)20/h1-7H,8H2,(H,17,18). The van der Waals surface area contributed by atoms with Crippen LogP contribution in [0.25, 0.3) is 0 Å². The highest BCUT2D eigenvalue weighted by Gasteiger charge is 2.12. The van der Waals surface area contributed by atoms with Gasteiger partial charge in [-0.2, -0.15) is 0 Å². The lowest BCUT2D eigenvalue weighted by Crippen LogP contribution is -2.04. The normalized spacial score (nSPS) is 10.1. The van der Waals surface area contributed by atoms with Crippen LogP contribution < -0.4 is 4.74 Å². The third kappa shape index (κ3) is 3.91. The highest BCUT2D eigenvalue weighted by molar-refractivity contribution is 14.1. The number of ether oxygens (including phenoxy) is 1. The summed E-state index contributed by atoms with van der Waals surface area (Å²) in [5.41, 5.74) is 0.628. The third-order valence-electron chi connectivity index (χ3n) is 2.69. The van der Waals surface area contributed by atoms with Crippen LogP contribution in [0.2, 0.25) is 0 Å². The SMILES string of the molecule is O=C(O)c1cc(I)ccc1OCc1cccc([N+](=O)[O-])c1. The van der Waals surface area contributed by atoms with Gasteiger partial charge < -0.3 is 9.84 Å². The van der Waals surface area contributed by atoms with E-state index in [0.29, 0.717) is 5.56 Å². The minimum atomic E-state index is -1.08. The van der Waals surface area contributed by atoms with Gasteiger partial charge in [0.25, 0.3) is 5.69 Å². The molecule has 0 saturated carbocycles. The van der Waals surface area contributed by atoms with E-state index in [0.717, 1.165) is 3.57 Å². The Bertz CT molecular complexity index is 702. The molecule has 0 saturated heterocycles. The van der Waals surface area contributed by atoms with Crippen molar-refractivity contribution in [2.24, 2.45) is 0 Å². The number of nitro groups is 1. The highest BCUT2D eigenvalue weighted by Crippen LogP contribution is 2.23. The van der Waals surface area contributed by atoms with E-state index in [1.54, 1.807) is 24.3 Å². The highest BCUT2D eigenvalue weighted by atomic mass is 127. The summed E-state index contributed by atoms with van der Waals surface area (Å²) >= 11 is 2.01. The Balaban J connectivity index is 2.18. The molecule has 0 aliphatic heterocycles. The van der Waals surface area contributed by atoms with Crippen molar-refractivity contribution in [3.05, 3.63) is 67.3 Å². The predicted molar refractivity (Wildman–Crippen MR) is 83.5 cm³/mol. The number of carboxylic acids is 1. The lowest BCUT2D eigenvalue weighted by atomic mass is 10.2. The topological polar surface area (TPSA) is 89.7 Å². The Morgan fingerprint density at radius 2 is 2.05 bits per heavy atom. The number of carboxylic acid groups (broad SMARTS) is 1. The average molecular weight is 399 g/mol. The van der Waals surface area contributed by atoms with Crippen molar-refractivity contribution in [1.29, 1.82) is 0 Å². The lowest BCUT2D eigenvalue weighted by Gasteiger charge is -2.09. The Kier molecular flexibility index (Phi) is 4.73. The number of rotatable bonds is 5. The van der Waals surface area contributed by atoms with Crippen LogP contribution in [0.4, 0.5) is 5.69 Å². The van der Waals surface area contributed by atoms with Crippen LogP contribution in [-0.4, -0.2) is 16.0 Å². The summed E-state index contributed by atoms with van der Waals surface area (Å²) in [6, 6.07) is 10.8. The number of nitrogens with zero attached hydrogens (tertiary/aromatic N) is 1. The van der Waals surface area contributed by atoms with Crippen LogP contribution in [0.5, 0.6) is 5.75 Å². The molecule has 0 aliphatic rings. The minimum Gasteiger partial charge on any atom is -0.488 e. The number of aromatic carboxylic acids is 1. The summed E-state index contributed by atoms with van der Waals surface area (Å²) in [7, 11) is 0. The summed E-state index contributed by atoms with van der Waals surface area (Å²) in [6.45, 7) is 0.0581. The number of nitro benzene ring substituents is 1. The molecule has 2 rings (SSSR count). The van der Waals surface area contributed by atoms with Crippen LogP contribution in [0.1, 0.15) is 15.9 Å². The molecule has 108 valence electrons. The van der Waals surface area contributed by atoms with Gasteiger partial charge in [-0.15, -0.1) is 0 Å².